The molecule has 0 aromatic carbocycles. The molecule has 0 radical (unpaired) electrons. The van der Waals surface area contributed by atoms with E-state index in [9.17, 15) is 0 Å². The smallest absolute Gasteiger partial charge is 0.0166 e. The van der Waals surface area contributed by atoms with Crippen molar-refractivity contribution in [2.24, 2.45) is 11.5 Å². The van der Waals surface area contributed by atoms with Crippen LogP contribution in [0, 0.1) is 0 Å². The molecular formula is C12H26N2S2. The molecule has 0 bridgehead atoms. The van der Waals surface area contributed by atoms with Crippen molar-refractivity contribution in [2.75, 3.05) is 24.6 Å². The summed E-state index contributed by atoms with van der Waals surface area (Å²) in [6.45, 7) is 1.63. The standard InChI is InChI=1S/C12H26N2S2/c13-7-9-15-11-5-3-1-2-4-6-12(11)16-10-8-14/h11-12H,1-10,13-14H2/t11-,12+. The Morgan fingerprint density at radius 2 is 1.19 bits per heavy atom. The Morgan fingerprint density at radius 3 is 1.56 bits per heavy atom. The summed E-state index contributed by atoms with van der Waals surface area (Å²) in [6.07, 6.45) is 8.42. The summed E-state index contributed by atoms with van der Waals surface area (Å²) in [5, 5.41) is 1.64. The highest BCUT2D eigenvalue weighted by molar-refractivity contribution is 8.03. The van der Waals surface area contributed by atoms with Crippen molar-refractivity contribution in [1.29, 1.82) is 0 Å². The largest absolute Gasteiger partial charge is 0.330 e. The third-order valence-electron chi connectivity index (χ3n) is 3.04. The SMILES string of the molecule is NCCS[C@H]1CCCCCC[C@H]1SCCN. The predicted octanol–water partition coefficient (Wildman–Crippen LogP) is 2.46. The summed E-state index contributed by atoms with van der Waals surface area (Å²) in [4.78, 5) is 0. The molecule has 96 valence electrons. The molecule has 0 unspecified atom stereocenters. The van der Waals surface area contributed by atoms with Gasteiger partial charge in [-0.25, -0.2) is 0 Å². The van der Waals surface area contributed by atoms with Gasteiger partial charge in [0.1, 0.15) is 0 Å². The molecule has 16 heavy (non-hydrogen) atoms. The minimum atomic E-state index is 0.815. The van der Waals surface area contributed by atoms with Crippen molar-refractivity contribution in [3.63, 3.8) is 0 Å². The maximum atomic E-state index is 5.61. The van der Waals surface area contributed by atoms with Crippen molar-refractivity contribution in [3.05, 3.63) is 0 Å². The van der Waals surface area contributed by atoms with Gasteiger partial charge in [0, 0.05) is 35.1 Å². The summed E-state index contributed by atoms with van der Waals surface area (Å²) in [6, 6.07) is 0. The second kappa shape index (κ2) is 9.63. The second-order valence-electron chi connectivity index (χ2n) is 4.39. The quantitative estimate of drug-likeness (QED) is 0.772. The Balaban J connectivity index is 2.39. The van der Waals surface area contributed by atoms with Gasteiger partial charge in [0.15, 0.2) is 0 Å². The van der Waals surface area contributed by atoms with E-state index in [1.807, 2.05) is 0 Å². The lowest BCUT2D eigenvalue weighted by molar-refractivity contribution is 0.521. The van der Waals surface area contributed by atoms with Gasteiger partial charge in [-0.2, -0.15) is 23.5 Å². The zero-order chi connectivity index (χ0) is 11.6. The summed E-state index contributed by atoms with van der Waals surface area (Å²) in [5.74, 6) is 2.23. The molecule has 0 spiro atoms. The Labute approximate surface area is 109 Å². The average Bonchev–Trinajstić information content (AvgIpc) is 2.27. The number of hydrogen-bond donors (Lipinski definition) is 2. The van der Waals surface area contributed by atoms with E-state index >= 15 is 0 Å². The molecule has 0 saturated heterocycles. The van der Waals surface area contributed by atoms with Crippen molar-refractivity contribution >= 4 is 23.5 Å². The molecule has 1 fully saturated rings. The fourth-order valence-electron chi connectivity index (χ4n) is 2.24. The minimum absolute atomic E-state index is 0.815. The van der Waals surface area contributed by atoms with Crippen LogP contribution in [0.2, 0.25) is 0 Å². The van der Waals surface area contributed by atoms with E-state index < -0.39 is 0 Å². The molecule has 1 aliphatic carbocycles. The Morgan fingerprint density at radius 1 is 0.750 bits per heavy atom. The first-order valence-electron chi connectivity index (χ1n) is 6.52. The van der Waals surface area contributed by atoms with Crippen LogP contribution in [0.4, 0.5) is 0 Å². The van der Waals surface area contributed by atoms with Crippen LogP contribution in [0.25, 0.3) is 0 Å². The molecule has 1 saturated carbocycles. The van der Waals surface area contributed by atoms with Gasteiger partial charge in [0.25, 0.3) is 0 Å². The van der Waals surface area contributed by atoms with Crippen molar-refractivity contribution in [1.82, 2.24) is 0 Å². The third kappa shape index (κ3) is 5.80. The van der Waals surface area contributed by atoms with E-state index in [0.717, 1.165) is 35.1 Å². The van der Waals surface area contributed by atoms with Crippen molar-refractivity contribution in [2.45, 2.75) is 49.0 Å². The van der Waals surface area contributed by atoms with Crippen LogP contribution in [0.15, 0.2) is 0 Å². The van der Waals surface area contributed by atoms with Crippen LogP contribution in [-0.2, 0) is 0 Å². The highest BCUT2D eigenvalue weighted by Crippen LogP contribution is 2.34. The summed E-state index contributed by atoms with van der Waals surface area (Å²) in [7, 11) is 0. The van der Waals surface area contributed by atoms with E-state index in [2.05, 4.69) is 23.5 Å². The Hall–Kier alpha value is 0.620. The first-order chi connectivity index (χ1) is 7.88. The molecular weight excluding hydrogens is 236 g/mol. The first-order valence-corrected chi connectivity index (χ1v) is 8.61. The molecule has 2 nitrogen and oxygen atoms in total. The lowest BCUT2D eigenvalue weighted by atomic mass is 10.00. The maximum Gasteiger partial charge on any atom is 0.0166 e. The molecule has 0 amide bonds. The highest BCUT2D eigenvalue weighted by atomic mass is 32.2. The monoisotopic (exact) mass is 262 g/mol. The minimum Gasteiger partial charge on any atom is -0.330 e. The number of rotatable bonds is 6. The molecule has 2 atom stereocenters. The zero-order valence-corrected chi connectivity index (χ0v) is 11.8. The molecule has 4 N–H and O–H groups in total. The van der Waals surface area contributed by atoms with Crippen molar-refractivity contribution < 1.29 is 0 Å². The maximum absolute atomic E-state index is 5.61. The van der Waals surface area contributed by atoms with Crippen LogP contribution in [0.1, 0.15) is 38.5 Å². The lowest BCUT2D eigenvalue weighted by Gasteiger charge is -2.28. The van der Waals surface area contributed by atoms with Gasteiger partial charge >= 0.3 is 0 Å². The van der Waals surface area contributed by atoms with Gasteiger partial charge in [-0.05, 0) is 12.8 Å². The Kier molecular flexibility index (Phi) is 8.84. The van der Waals surface area contributed by atoms with E-state index in [4.69, 9.17) is 11.5 Å². The first kappa shape index (κ1) is 14.7. The fraction of sp³-hybridized carbons (Fsp3) is 1.00. The molecule has 1 aliphatic rings. The van der Waals surface area contributed by atoms with Crippen LogP contribution >= 0.6 is 23.5 Å². The second-order valence-corrected chi connectivity index (χ2v) is 7.08. The average molecular weight is 262 g/mol. The molecule has 0 aromatic heterocycles. The summed E-state index contributed by atoms with van der Waals surface area (Å²) in [5.41, 5.74) is 11.2. The van der Waals surface area contributed by atoms with Gasteiger partial charge in [0.2, 0.25) is 0 Å². The van der Waals surface area contributed by atoms with Gasteiger partial charge in [-0.1, -0.05) is 25.7 Å². The fourth-order valence-corrected chi connectivity index (χ4v) is 4.95. The van der Waals surface area contributed by atoms with Crippen LogP contribution in [-0.4, -0.2) is 35.1 Å². The van der Waals surface area contributed by atoms with Gasteiger partial charge < -0.3 is 11.5 Å². The van der Waals surface area contributed by atoms with E-state index in [0.29, 0.717) is 0 Å². The summed E-state index contributed by atoms with van der Waals surface area (Å²) >= 11 is 4.18. The molecule has 0 aromatic rings. The summed E-state index contributed by atoms with van der Waals surface area (Å²) < 4.78 is 0. The predicted molar refractivity (Wildman–Crippen MR) is 78.3 cm³/mol. The number of hydrogen-bond acceptors (Lipinski definition) is 4. The zero-order valence-electron chi connectivity index (χ0n) is 10.2. The molecule has 1 rings (SSSR count). The normalized spacial score (nSPS) is 27.4. The molecule has 4 heteroatoms. The van der Waals surface area contributed by atoms with E-state index in [1.165, 1.54) is 38.5 Å². The van der Waals surface area contributed by atoms with E-state index in [-0.39, 0.29) is 0 Å². The van der Waals surface area contributed by atoms with Gasteiger partial charge in [-0.15, -0.1) is 0 Å². The van der Waals surface area contributed by atoms with Crippen LogP contribution < -0.4 is 11.5 Å². The van der Waals surface area contributed by atoms with Crippen molar-refractivity contribution in [3.8, 4) is 0 Å². The number of thioether (sulfide) groups is 2. The van der Waals surface area contributed by atoms with Crippen LogP contribution in [0.3, 0.4) is 0 Å². The molecule has 0 aliphatic heterocycles. The lowest BCUT2D eigenvalue weighted by Crippen LogP contribution is -2.24. The number of nitrogens with two attached hydrogens (primary N) is 2. The van der Waals surface area contributed by atoms with Crippen LogP contribution in [0.5, 0.6) is 0 Å². The van der Waals surface area contributed by atoms with Gasteiger partial charge in [0.05, 0.1) is 0 Å². The van der Waals surface area contributed by atoms with Gasteiger partial charge in [-0.3, -0.25) is 0 Å². The molecule has 0 heterocycles. The highest BCUT2D eigenvalue weighted by Gasteiger charge is 2.22. The Bertz CT molecular complexity index is 145. The third-order valence-corrected chi connectivity index (χ3v) is 6.14. The van der Waals surface area contributed by atoms with E-state index in [1.54, 1.807) is 0 Å². The topological polar surface area (TPSA) is 52.0 Å².